The van der Waals surface area contributed by atoms with Crippen molar-refractivity contribution in [3.63, 3.8) is 0 Å². The van der Waals surface area contributed by atoms with E-state index >= 15 is 0 Å². The average molecular weight is 331 g/mol. The second-order valence-electron chi connectivity index (χ2n) is 4.93. The summed E-state index contributed by atoms with van der Waals surface area (Å²) in [6.07, 6.45) is 2.06. The molecule has 1 heterocycles. The van der Waals surface area contributed by atoms with E-state index in [1.165, 1.54) is 6.92 Å². The Bertz CT molecular complexity index is 651. The SMILES string of the molecule is Cc1cc(O)c(C(=O)O)cc1S(=O)(=O)NCC1CCCS1. The number of phenols is 1. The number of nitrogens with one attached hydrogen (secondary N) is 1. The van der Waals surface area contributed by atoms with Crippen LogP contribution in [0.3, 0.4) is 0 Å². The minimum Gasteiger partial charge on any atom is -0.507 e. The lowest BCUT2D eigenvalue weighted by Gasteiger charge is -2.13. The Balaban J connectivity index is 2.26. The van der Waals surface area contributed by atoms with Crippen LogP contribution in [0.5, 0.6) is 5.75 Å². The highest BCUT2D eigenvalue weighted by molar-refractivity contribution is 8.00. The summed E-state index contributed by atoms with van der Waals surface area (Å²) in [7, 11) is -3.79. The van der Waals surface area contributed by atoms with Crippen LogP contribution in [-0.4, -0.2) is 42.1 Å². The smallest absolute Gasteiger partial charge is 0.339 e. The number of hydrogen-bond donors (Lipinski definition) is 3. The summed E-state index contributed by atoms with van der Waals surface area (Å²) in [6.45, 7) is 1.85. The number of carbonyl (C=O) groups is 1. The highest BCUT2D eigenvalue weighted by Gasteiger charge is 2.24. The standard InChI is InChI=1S/C13H17NO5S2/c1-8-5-11(15)10(13(16)17)6-12(8)21(18,19)14-7-9-3-2-4-20-9/h5-6,9,14-15H,2-4,7H2,1H3,(H,16,17). The highest BCUT2D eigenvalue weighted by atomic mass is 32.2. The van der Waals surface area contributed by atoms with Crippen LogP contribution in [-0.2, 0) is 10.0 Å². The quantitative estimate of drug-likeness (QED) is 0.757. The molecule has 3 N–H and O–H groups in total. The second kappa shape index (κ2) is 6.25. The van der Waals surface area contributed by atoms with Crippen LogP contribution in [0.1, 0.15) is 28.8 Å². The predicted molar refractivity (Wildman–Crippen MR) is 80.5 cm³/mol. The number of hydrogen-bond acceptors (Lipinski definition) is 5. The van der Waals surface area contributed by atoms with Crippen molar-refractivity contribution >= 4 is 27.8 Å². The van der Waals surface area contributed by atoms with E-state index in [2.05, 4.69) is 4.72 Å². The molecule has 0 bridgehead atoms. The molecule has 0 spiro atoms. The fraction of sp³-hybridized carbons (Fsp3) is 0.462. The zero-order chi connectivity index (χ0) is 15.6. The Morgan fingerprint density at radius 3 is 2.76 bits per heavy atom. The first-order valence-electron chi connectivity index (χ1n) is 6.49. The number of aromatic hydroxyl groups is 1. The average Bonchev–Trinajstić information content (AvgIpc) is 2.88. The van der Waals surface area contributed by atoms with Crippen molar-refractivity contribution in [3.8, 4) is 5.75 Å². The number of rotatable bonds is 5. The highest BCUT2D eigenvalue weighted by Crippen LogP contribution is 2.27. The molecule has 1 atom stereocenters. The van der Waals surface area contributed by atoms with E-state index in [0.29, 0.717) is 12.1 Å². The molecule has 1 aromatic carbocycles. The lowest BCUT2D eigenvalue weighted by molar-refractivity contribution is 0.0693. The number of benzene rings is 1. The summed E-state index contributed by atoms with van der Waals surface area (Å²) in [5, 5.41) is 18.8. The summed E-state index contributed by atoms with van der Waals surface area (Å²) >= 11 is 1.73. The van der Waals surface area contributed by atoms with Gasteiger partial charge >= 0.3 is 5.97 Å². The number of thioether (sulfide) groups is 1. The minimum absolute atomic E-state index is 0.110. The molecular weight excluding hydrogens is 314 g/mol. The van der Waals surface area contributed by atoms with Crippen LogP contribution in [0.15, 0.2) is 17.0 Å². The molecule has 2 rings (SSSR count). The van der Waals surface area contributed by atoms with Gasteiger partial charge in [-0.3, -0.25) is 0 Å². The van der Waals surface area contributed by atoms with Crippen LogP contribution < -0.4 is 4.72 Å². The van der Waals surface area contributed by atoms with Gasteiger partial charge in [-0.2, -0.15) is 11.8 Å². The maximum atomic E-state index is 12.3. The number of carboxylic acids is 1. The van der Waals surface area contributed by atoms with Gasteiger partial charge in [0.2, 0.25) is 10.0 Å². The van der Waals surface area contributed by atoms with Crippen LogP contribution >= 0.6 is 11.8 Å². The van der Waals surface area contributed by atoms with Gasteiger partial charge in [0.25, 0.3) is 0 Å². The summed E-state index contributed by atoms with van der Waals surface area (Å²) in [6, 6.07) is 2.15. The zero-order valence-electron chi connectivity index (χ0n) is 11.5. The van der Waals surface area contributed by atoms with E-state index in [1.807, 2.05) is 0 Å². The third-order valence-corrected chi connectivity index (χ3v) is 6.30. The third kappa shape index (κ3) is 3.69. The summed E-state index contributed by atoms with van der Waals surface area (Å²) < 4.78 is 27.1. The number of aryl methyl sites for hydroxylation is 1. The maximum Gasteiger partial charge on any atom is 0.339 e. The Labute approximate surface area is 127 Å². The van der Waals surface area contributed by atoms with Gasteiger partial charge in [-0.15, -0.1) is 0 Å². The first-order chi connectivity index (χ1) is 9.81. The number of sulfonamides is 1. The molecule has 0 amide bonds. The third-order valence-electron chi connectivity index (χ3n) is 3.34. The van der Waals surface area contributed by atoms with E-state index < -0.39 is 27.3 Å². The van der Waals surface area contributed by atoms with Gasteiger partial charge in [0.05, 0.1) is 4.90 Å². The van der Waals surface area contributed by atoms with E-state index in [4.69, 9.17) is 5.11 Å². The van der Waals surface area contributed by atoms with E-state index in [-0.39, 0.29) is 10.1 Å². The molecule has 21 heavy (non-hydrogen) atoms. The van der Waals surface area contributed by atoms with Gasteiger partial charge in [0.15, 0.2) is 0 Å². The molecule has 0 saturated carbocycles. The van der Waals surface area contributed by atoms with Crippen LogP contribution in [0, 0.1) is 6.92 Å². The Hall–Kier alpha value is -1.25. The molecule has 1 unspecified atom stereocenters. The second-order valence-corrected chi connectivity index (χ2v) is 8.07. The molecule has 0 aliphatic carbocycles. The van der Waals surface area contributed by atoms with E-state index in [1.54, 1.807) is 11.8 Å². The van der Waals surface area contributed by atoms with Crippen LogP contribution in [0.4, 0.5) is 0 Å². The topological polar surface area (TPSA) is 104 Å². The maximum absolute atomic E-state index is 12.3. The Kier molecular flexibility index (Phi) is 4.80. The predicted octanol–water partition coefficient (Wildman–Crippen LogP) is 1.57. The van der Waals surface area contributed by atoms with Crippen molar-refractivity contribution in [2.24, 2.45) is 0 Å². The molecule has 1 aliphatic heterocycles. The van der Waals surface area contributed by atoms with E-state index in [9.17, 15) is 18.3 Å². The van der Waals surface area contributed by atoms with Gasteiger partial charge in [0.1, 0.15) is 11.3 Å². The van der Waals surface area contributed by atoms with Gasteiger partial charge in [-0.1, -0.05) is 0 Å². The van der Waals surface area contributed by atoms with Gasteiger partial charge < -0.3 is 10.2 Å². The Morgan fingerprint density at radius 1 is 1.48 bits per heavy atom. The first-order valence-corrected chi connectivity index (χ1v) is 9.02. The van der Waals surface area contributed by atoms with Gasteiger partial charge in [-0.25, -0.2) is 17.9 Å². The fourth-order valence-corrected chi connectivity index (χ4v) is 4.86. The van der Waals surface area contributed by atoms with E-state index in [0.717, 1.165) is 30.7 Å². The number of carboxylic acid groups (broad SMARTS) is 1. The van der Waals surface area contributed by atoms with Crippen LogP contribution in [0.25, 0.3) is 0 Å². The monoisotopic (exact) mass is 331 g/mol. The van der Waals surface area contributed by atoms with Crippen LogP contribution in [0.2, 0.25) is 0 Å². The van der Waals surface area contributed by atoms with Crippen molar-refractivity contribution < 1.29 is 23.4 Å². The molecule has 1 saturated heterocycles. The molecule has 1 fully saturated rings. The molecule has 116 valence electrons. The molecule has 8 heteroatoms. The molecule has 0 aromatic heterocycles. The molecule has 1 aliphatic rings. The van der Waals surface area contributed by atoms with Crippen molar-refractivity contribution in [2.45, 2.75) is 29.9 Å². The lowest BCUT2D eigenvalue weighted by atomic mass is 10.1. The fourth-order valence-electron chi connectivity index (χ4n) is 2.22. The largest absolute Gasteiger partial charge is 0.507 e. The van der Waals surface area contributed by atoms with Crippen molar-refractivity contribution in [2.75, 3.05) is 12.3 Å². The molecule has 1 aromatic rings. The molecular formula is C13H17NO5S2. The van der Waals surface area contributed by atoms with Gasteiger partial charge in [-0.05, 0) is 43.2 Å². The molecule has 6 nitrogen and oxygen atoms in total. The first kappa shape index (κ1) is 16.1. The zero-order valence-corrected chi connectivity index (χ0v) is 13.1. The van der Waals surface area contributed by atoms with Gasteiger partial charge in [0, 0.05) is 11.8 Å². The number of aromatic carboxylic acids is 1. The minimum atomic E-state index is -3.79. The summed E-state index contributed by atoms with van der Waals surface area (Å²) in [4.78, 5) is 10.9. The summed E-state index contributed by atoms with van der Waals surface area (Å²) in [5.41, 5.74) is -0.111. The lowest BCUT2D eigenvalue weighted by Crippen LogP contribution is -2.30. The van der Waals surface area contributed by atoms with Crippen molar-refractivity contribution in [1.82, 2.24) is 4.72 Å². The normalized spacial score (nSPS) is 18.8. The summed E-state index contributed by atoms with van der Waals surface area (Å²) in [5.74, 6) is -0.769. The Morgan fingerprint density at radius 2 is 2.19 bits per heavy atom. The molecule has 0 radical (unpaired) electrons. The van der Waals surface area contributed by atoms with Crippen molar-refractivity contribution in [3.05, 3.63) is 23.3 Å². The van der Waals surface area contributed by atoms with Crippen molar-refractivity contribution in [1.29, 1.82) is 0 Å².